The summed E-state index contributed by atoms with van der Waals surface area (Å²) in [6.07, 6.45) is 3.65. The number of hydrogen-bond donors (Lipinski definition) is 0. The second-order valence-corrected chi connectivity index (χ2v) is 6.21. The second kappa shape index (κ2) is 7.60. The number of nitrogens with zero attached hydrogens (tertiary/aromatic N) is 1. The van der Waals surface area contributed by atoms with Crippen LogP contribution in [0.5, 0.6) is 17.2 Å². The van der Waals surface area contributed by atoms with Crippen LogP contribution in [0.2, 0.25) is 0 Å². The molecule has 0 saturated carbocycles. The first-order valence-electron chi connectivity index (χ1n) is 8.93. The molecular formula is C22H19NO5. The van der Waals surface area contributed by atoms with Gasteiger partial charge in [-0.05, 0) is 61.0 Å². The van der Waals surface area contributed by atoms with Crippen LogP contribution in [0.3, 0.4) is 0 Å². The van der Waals surface area contributed by atoms with E-state index in [0.29, 0.717) is 18.8 Å². The minimum atomic E-state index is -0.481. The van der Waals surface area contributed by atoms with Crippen molar-refractivity contribution >= 4 is 17.9 Å². The monoisotopic (exact) mass is 377 g/mol. The number of rotatable bonds is 5. The number of fused-ring (bicyclic) bond motifs is 1. The molecule has 6 nitrogen and oxygen atoms in total. The molecule has 0 saturated heterocycles. The topological polar surface area (TPSA) is 66.3 Å². The molecule has 0 bridgehead atoms. The quantitative estimate of drug-likeness (QED) is 0.586. The van der Waals surface area contributed by atoms with E-state index in [9.17, 15) is 4.79 Å². The summed E-state index contributed by atoms with van der Waals surface area (Å²) in [5.41, 5.74) is 2.71. The van der Waals surface area contributed by atoms with Crippen molar-refractivity contribution in [2.75, 3.05) is 20.3 Å². The van der Waals surface area contributed by atoms with Crippen LogP contribution in [0.15, 0.2) is 64.8 Å². The molecule has 28 heavy (non-hydrogen) atoms. The average Bonchev–Trinajstić information content (AvgIpc) is 3.08. The molecule has 0 spiro atoms. The first-order chi connectivity index (χ1) is 13.7. The van der Waals surface area contributed by atoms with Gasteiger partial charge >= 0.3 is 5.97 Å². The molecule has 2 aliphatic heterocycles. The third-order valence-electron chi connectivity index (χ3n) is 4.31. The van der Waals surface area contributed by atoms with E-state index in [-0.39, 0.29) is 11.6 Å². The lowest BCUT2D eigenvalue weighted by Crippen LogP contribution is -2.08. The minimum absolute atomic E-state index is 0.246. The van der Waals surface area contributed by atoms with Gasteiger partial charge in [0.25, 0.3) is 0 Å². The number of esters is 1. The highest BCUT2D eigenvalue weighted by atomic mass is 16.6. The fourth-order valence-electron chi connectivity index (χ4n) is 2.94. The van der Waals surface area contributed by atoms with Crippen LogP contribution in [-0.4, -0.2) is 32.2 Å². The summed E-state index contributed by atoms with van der Waals surface area (Å²) < 4.78 is 21.7. The number of carbonyl (C=O) groups is 1. The number of hydrogen-bond acceptors (Lipinski definition) is 6. The minimum Gasteiger partial charge on any atom is -0.497 e. The number of aliphatic imine (C=N–C) groups is 1. The van der Waals surface area contributed by atoms with Crippen molar-refractivity contribution in [3.8, 4) is 17.2 Å². The molecule has 0 atom stereocenters. The standard InChI is InChI=1S/C22H19NO5/c1-3-26-17-7-4-15(5-8-17)21-23-19(22(24)28-21)11-14-10-16-6-9-18(25-2)12-20(16)27-13-14/h4-12H,3,13H2,1-2H3. The number of benzene rings is 2. The number of methoxy groups -OCH3 is 1. The van der Waals surface area contributed by atoms with Crippen molar-refractivity contribution in [2.24, 2.45) is 4.99 Å². The van der Waals surface area contributed by atoms with Crippen molar-refractivity contribution in [2.45, 2.75) is 6.92 Å². The lowest BCUT2D eigenvalue weighted by atomic mass is 10.1. The fourth-order valence-corrected chi connectivity index (χ4v) is 2.94. The molecular weight excluding hydrogens is 358 g/mol. The summed E-state index contributed by atoms with van der Waals surface area (Å²) in [6, 6.07) is 12.9. The summed E-state index contributed by atoms with van der Waals surface area (Å²) >= 11 is 0. The Morgan fingerprint density at radius 1 is 1.14 bits per heavy atom. The number of cyclic esters (lactones) is 1. The molecule has 0 unspecified atom stereocenters. The van der Waals surface area contributed by atoms with Gasteiger partial charge in [-0.25, -0.2) is 9.79 Å². The molecule has 2 aromatic rings. The van der Waals surface area contributed by atoms with Gasteiger partial charge in [0.1, 0.15) is 23.9 Å². The lowest BCUT2D eigenvalue weighted by Gasteiger charge is -2.16. The third-order valence-corrected chi connectivity index (χ3v) is 4.31. The zero-order chi connectivity index (χ0) is 19.5. The number of ether oxygens (including phenoxy) is 4. The first kappa shape index (κ1) is 17.9. The SMILES string of the molecule is CCOc1ccc(C2=NC(=CC3=Cc4ccc(OC)cc4OC3)C(=O)O2)cc1. The largest absolute Gasteiger partial charge is 0.497 e. The molecule has 4 rings (SSSR count). The van der Waals surface area contributed by atoms with Crippen molar-refractivity contribution in [1.82, 2.24) is 0 Å². The van der Waals surface area contributed by atoms with Crippen LogP contribution in [0.1, 0.15) is 18.1 Å². The molecule has 0 fully saturated rings. The molecule has 0 amide bonds. The Balaban J connectivity index is 1.57. The summed E-state index contributed by atoms with van der Waals surface area (Å²) in [5, 5.41) is 0. The molecule has 0 aromatic heterocycles. The summed E-state index contributed by atoms with van der Waals surface area (Å²) in [7, 11) is 1.61. The molecule has 2 aliphatic rings. The zero-order valence-corrected chi connectivity index (χ0v) is 15.6. The van der Waals surface area contributed by atoms with Gasteiger partial charge in [-0.1, -0.05) is 0 Å². The molecule has 2 aromatic carbocycles. The Morgan fingerprint density at radius 3 is 2.68 bits per heavy atom. The highest BCUT2D eigenvalue weighted by Gasteiger charge is 2.25. The summed E-state index contributed by atoms with van der Waals surface area (Å²) in [4.78, 5) is 16.6. The Bertz CT molecular complexity index is 1000. The van der Waals surface area contributed by atoms with E-state index < -0.39 is 5.97 Å². The predicted molar refractivity (Wildman–Crippen MR) is 105 cm³/mol. The van der Waals surface area contributed by atoms with E-state index in [1.165, 1.54) is 0 Å². The summed E-state index contributed by atoms with van der Waals surface area (Å²) in [5.74, 6) is 2.03. The van der Waals surface area contributed by atoms with Crippen molar-refractivity contribution < 1.29 is 23.7 Å². The lowest BCUT2D eigenvalue weighted by molar-refractivity contribution is -0.130. The number of carbonyl (C=O) groups excluding carboxylic acids is 1. The van der Waals surface area contributed by atoms with E-state index in [4.69, 9.17) is 18.9 Å². The van der Waals surface area contributed by atoms with Gasteiger partial charge in [0.05, 0.1) is 13.7 Å². The van der Waals surface area contributed by atoms with E-state index in [0.717, 1.165) is 28.4 Å². The van der Waals surface area contributed by atoms with Crippen LogP contribution >= 0.6 is 0 Å². The van der Waals surface area contributed by atoms with Gasteiger partial charge in [-0.2, -0.15) is 0 Å². The van der Waals surface area contributed by atoms with E-state index in [2.05, 4.69) is 4.99 Å². The zero-order valence-electron chi connectivity index (χ0n) is 15.6. The predicted octanol–water partition coefficient (Wildman–Crippen LogP) is 3.76. The van der Waals surface area contributed by atoms with Gasteiger partial charge in [0.15, 0.2) is 5.70 Å². The molecule has 0 aliphatic carbocycles. The van der Waals surface area contributed by atoms with E-state index in [1.54, 1.807) is 13.2 Å². The maximum Gasteiger partial charge on any atom is 0.363 e. The maximum absolute atomic E-state index is 12.2. The Hall–Kier alpha value is -3.54. The molecule has 2 heterocycles. The van der Waals surface area contributed by atoms with Crippen molar-refractivity contribution in [3.63, 3.8) is 0 Å². The van der Waals surface area contributed by atoms with E-state index in [1.807, 2.05) is 55.5 Å². The Kier molecular flexibility index (Phi) is 4.85. The molecule has 6 heteroatoms. The maximum atomic E-state index is 12.2. The third kappa shape index (κ3) is 3.62. The highest BCUT2D eigenvalue weighted by molar-refractivity contribution is 6.11. The molecule has 142 valence electrons. The van der Waals surface area contributed by atoms with Crippen molar-refractivity contribution in [1.29, 1.82) is 0 Å². The van der Waals surface area contributed by atoms with E-state index >= 15 is 0 Å². The Labute approximate surface area is 162 Å². The van der Waals surface area contributed by atoms with Gasteiger partial charge < -0.3 is 18.9 Å². The average molecular weight is 377 g/mol. The molecule has 0 N–H and O–H groups in total. The first-order valence-corrected chi connectivity index (χ1v) is 8.93. The van der Waals surface area contributed by atoms with Gasteiger partial charge in [0.2, 0.25) is 5.90 Å². The van der Waals surface area contributed by atoms with Crippen LogP contribution < -0.4 is 14.2 Å². The van der Waals surface area contributed by atoms with Crippen LogP contribution in [0.25, 0.3) is 6.08 Å². The smallest absolute Gasteiger partial charge is 0.363 e. The van der Waals surface area contributed by atoms with Gasteiger partial charge in [-0.15, -0.1) is 0 Å². The normalized spacial score (nSPS) is 16.6. The van der Waals surface area contributed by atoms with Gasteiger partial charge in [0, 0.05) is 17.2 Å². The fraction of sp³-hybridized carbons (Fsp3) is 0.182. The second-order valence-electron chi connectivity index (χ2n) is 6.21. The highest BCUT2D eigenvalue weighted by Crippen LogP contribution is 2.31. The van der Waals surface area contributed by atoms with Crippen LogP contribution in [-0.2, 0) is 9.53 Å². The molecule has 0 radical (unpaired) electrons. The summed E-state index contributed by atoms with van der Waals surface area (Å²) in [6.45, 7) is 2.85. The van der Waals surface area contributed by atoms with Crippen molar-refractivity contribution in [3.05, 3.63) is 70.9 Å². The Morgan fingerprint density at radius 2 is 1.93 bits per heavy atom. The van der Waals surface area contributed by atoms with Crippen LogP contribution in [0, 0.1) is 0 Å². The van der Waals surface area contributed by atoms with Crippen LogP contribution in [0.4, 0.5) is 0 Å². The van der Waals surface area contributed by atoms with Gasteiger partial charge in [-0.3, -0.25) is 0 Å².